The smallest absolute Gasteiger partial charge is 0.285 e. The van der Waals surface area contributed by atoms with Crippen LogP contribution < -0.4 is 4.74 Å². The third-order valence-electron chi connectivity index (χ3n) is 2.87. The van der Waals surface area contributed by atoms with Crippen LogP contribution in [0, 0.1) is 28.9 Å². The molecule has 0 spiro atoms. The summed E-state index contributed by atoms with van der Waals surface area (Å²) in [6, 6.07) is 12.2. The van der Waals surface area contributed by atoms with Crippen molar-refractivity contribution in [3.8, 4) is 17.6 Å². The molecule has 2 aromatic rings. The molecule has 0 bridgehead atoms. The number of nitro groups is 1. The molecule has 4 nitrogen and oxygen atoms in total. The Kier molecular flexibility index (Phi) is 4.02. The Hall–Kier alpha value is -2.80. The summed E-state index contributed by atoms with van der Waals surface area (Å²) < 4.78 is 5.06. The number of hydrogen-bond donors (Lipinski definition) is 0. The van der Waals surface area contributed by atoms with Gasteiger partial charge in [-0.2, -0.15) is 0 Å². The van der Waals surface area contributed by atoms with Crippen molar-refractivity contribution in [3.05, 3.63) is 69.3 Å². The van der Waals surface area contributed by atoms with Gasteiger partial charge in [-0.25, -0.2) is 0 Å². The van der Waals surface area contributed by atoms with Crippen LogP contribution in [0.1, 0.15) is 16.7 Å². The normalized spacial score (nSPS) is 9.50. The van der Waals surface area contributed by atoms with E-state index in [1.807, 2.05) is 25.1 Å². The third kappa shape index (κ3) is 2.96. The Morgan fingerprint density at radius 1 is 1.10 bits per heavy atom. The third-order valence-corrected chi connectivity index (χ3v) is 2.87. The first-order chi connectivity index (χ1) is 9.61. The van der Waals surface area contributed by atoms with Gasteiger partial charge in [-0.3, -0.25) is 10.1 Å². The summed E-state index contributed by atoms with van der Waals surface area (Å²) in [5.41, 5.74) is 2.06. The zero-order valence-corrected chi connectivity index (χ0v) is 11.2. The summed E-state index contributed by atoms with van der Waals surface area (Å²) in [7, 11) is 1.59. The lowest BCUT2D eigenvalue weighted by atomic mass is 10.1. The maximum absolute atomic E-state index is 11.0. The first-order valence-electron chi connectivity index (χ1n) is 6.02. The van der Waals surface area contributed by atoms with E-state index in [0.717, 1.165) is 16.9 Å². The fourth-order valence-electron chi connectivity index (χ4n) is 1.78. The van der Waals surface area contributed by atoms with Gasteiger partial charge in [0.15, 0.2) is 0 Å². The van der Waals surface area contributed by atoms with Gasteiger partial charge in [-0.15, -0.1) is 0 Å². The number of rotatable bonds is 2. The largest absolute Gasteiger partial charge is 0.497 e. The highest BCUT2D eigenvalue weighted by Gasteiger charge is 2.12. The number of nitrogens with zero attached hydrogens (tertiary/aromatic N) is 1. The van der Waals surface area contributed by atoms with Gasteiger partial charge < -0.3 is 4.74 Å². The SMILES string of the molecule is COc1ccc(C#Cc2c(C)cccc2[N+](=O)[O-])cc1. The zero-order valence-electron chi connectivity index (χ0n) is 11.2. The van der Waals surface area contributed by atoms with Gasteiger partial charge in [-0.1, -0.05) is 24.0 Å². The molecule has 2 aromatic carbocycles. The highest BCUT2D eigenvalue weighted by atomic mass is 16.6. The average Bonchev–Trinajstić information content (AvgIpc) is 2.46. The Morgan fingerprint density at radius 2 is 1.80 bits per heavy atom. The molecule has 0 atom stereocenters. The molecule has 0 radical (unpaired) electrons. The molecule has 100 valence electrons. The lowest BCUT2D eigenvalue weighted by Gasteiger charge is -1.99. The Morgan fingerprint density at radius 3 is 2.40 bits per heavy atom. The second kappa shape index (κ2) is 5.89. The number of methoxy groups -OCH3 is 1. The molecule has 0 fully saturated rings. The van der Waals surface area contributed by atoms with Gasteiger partial charge in [-0.05, 0) is 36.8 Å². The summed E-state index contributed by atoms with van der Waals surface area (Å²) in [6.45, 7) is 1.81. The van der Waals surface area contributed by atoms with Crippen LogP contribution in [-0.4, -0.2) is 12.0 Å². The van der Waals surface area contributed by atoms with Gasteiger partial charge in [0.1, 0.15) is 11.3 Å². The van der Waals surface area contributed by atoms with Crippen molar-refractivity contribution in [2.75, 3.05) is 7.11 Å². The molecule has 4 heteroatoms. The van der Waals surface area contributed by atoms with E-state index in [1.54, 1.807) is 25.3 Å². The van der Waals surface area contributed by atoms with Crippen LogP contribution in [0.25, 0.3) is 0 Å². The first-order valence-corrected chi connectivity index (χ1v) is 6.02. The van der Waals surface area contributed by atoms with Crippen molar-refractivity contribution < 1.29 is 9.66 Å². The van der Waals surface area contributed by atoms with Crippen molar-refractivity contribution in [1.29, 1.82) is 0 Å². The van der Waals surface area contributed by atoms with Crippen LogP contribution >= 0.6 is 0 Å². The molecule has 0 saturated carbocycles. The van der Waals surface area contributed by atoms with E-state index in [4.69, 9.17) is 4.74 Å². The van der Waals surface area contributed by atoms with Crippen molar-refractivity contribution in [3.63, 3.8) is 0 Å². The summed E-state index contributed by atoms with van der Waals surface area (Å²) in [6.07, 6.45) is 0. The van der Waals surface area contributed by atoms with Crippen LogP contribution in [0.4, 0.5) is 5.69 Å². The number of benzene rings is 2. The molecule has 2 rings (SSSR count). The summed E-state index contributed by atoms with van der Waals surface area (Å²) in [5, 5.41) is 11.0. The lowest BCUT2D eigenvalue weighted by molar-refractivity contribution is -0.385. The molecule has 20 heavy (non-hydrogen) atoms. The fraction of sp³-hybridized carbons (Fsp3) is 0.125. The van der Waals surface area contributed by atoms with Crippen LogP contribution in [-0.2, 0) is 0 Å². The Bertz CT molecular complexity index is 694. The van der Waals surface area contributed by atoms with E-state index in [9.17, 15) is 10.1 Å². The highest BCUT2D eigenvalue weighted by molar-refractivity contribution is 5.57. The van der Waals surface area contributed by atoms with Crippen molar-refractivity contribution >= 4 is 5.69 Å². The molecule has 0 amide bonds. The summed E-state index contributed by atoms with van der Waals surface area (Å²) in [4.78, 5) is 10.6. The molecular weight excluding hydrogens is 254 g/mol. The first kappa shape index (κ1) is 13.6. The van der Waals surface area contributed by atoms with Crippen molar-refractivity contribution in [2.45, 2.75) is 6.92 Å². The van der Waals surface area contributed by atoms with E-state index in [2.05, 4.69) is 11.8 Å². The maximum Gasteiger partial charge on any atom is 0.285 e. The van der Waals surface area contributed by atoms with Crippen molar-refractivity contribution in [2.24, 2.45) is 0 Å². The maximum atomic E-state index is 11.0. The monoisotopic (exact) mass is 267 g/mol. The Labute approximate surface area is 117 Å². The van der Waals surface area contributed by atoms with Gasteiger partial charge in [0.2, 0.25) is 0 Å². The molecule has 0 aliphatic heterocycles. The molecule has 0 heterocycles. The molecule has 0 unspecified atom stereocenters. The molecule has 0 aromatic heterocycles. The molecule has 0 aliphatic carbocycles. The van der Waals surface area contributed by atoms with E-state index in [0.29, 0.717) is 5.56 Å². The summed E-state index contributed by atoms with van der Waals surface area (Å²) in [5.74, 6) is 6.57. The van der Waals surface area contributed by atoms with Crippen LogP contribution in [0.15, 0.2) is 42.5 Å². The van der Waals surface area contributed by atoms with E-state index >= 15 is 0 Å². The van der Waals surface area contributed by atoms with E-state index in [1.165, 1.54) is 6.07 Å². The number of aryl methyl sites for hydroxylation is 1. The van der Waals surface area contributed by atoms with Gasteiger partial charge in [0.25, 0.3) is 5.69 Å². The van der Waals surface area contributed by atoms with Crippen LogP contribution in [0.3, 0.4) is 0 Å². The zero-order chi connectivity index (χ0) is 14.5. The predicted octanol–water partition coefficient (Wildman–Crippen LogP) is 3.31. The molecule has 0 N–H and O–H groups in total. The van der Waals surface area contributed by atoms with Gasteiger partial charge >= 0.3 is 0 Å². The number of hydrogen-bond acceptors (Lipinski definition) is 3. The minimum atomic E-state index is -0.412. The van der Waals surface area contributed by atoms with Crippen LogP contribution in [0.2, 0.25) is 0 Å². The van der Waals surface area contributed by atoms with E-state index in [-0.39, 0.29) is 5.69 Å². The highest BCUT2D eigenvalue weighted by Crippen LogP contribution is 2.20. The second-order valence-electron chi connectivity index (χ2n) is 4.20. The quantitative estimate of drug-likeness (QED) is 0.476. The van der Waals surface area contributed by atoms with Gasteiger partial charge in [0.05, 0.1) is 12.0 Å². The summed E-state index contributed by atoms with van der Waals surface area (Å²) >= 11 is 0. The van der Waals surface area contributed by atoms with E-state index < -0.39 is 4.92 Å². The second-order valence-corrected chi connectivity index (χ2v) is 4.20. The van der Waals surface area contributed by atoms with Gasteiger partial charge in [0, 0.05) is 11.6 Å². The topological polar surface area (TPSA) is 52.4 Å². The standard InChI is InChI=1S/C16H13NO3/c1-12-4-3-5-16(17(18)19)15(12)11-8-13-6-9-14(20-2)10-7-13/h3-7,9-10H,1-2H3. The minimum absolute atomic E-state index is 0.0333. The van der Waals surface area contributed by atoms with Crippen molar-refractivity contribution in [1.82, 2.24) is 0 Å². The minimum Gasteiger partial charge on any atom is -0.497 e. The Balaban J connectivity index is 2.39. The lowest BCUT2D eigenvalue weighted by Crippen LogP contribution is -1.94. The number of ether oxygens (including phenoxy) is 1. The number of nitro benzene ring substituents is 1. The molecular formula is C16H13NO3. The molecule has 0 aliphatic rings. The fourth-order valence-corrected chi connectivity index (χ4v) is 1.78. The van der Waals surface area contributed by atoms with Crippen LogP contribution in [0.5, 0.6) is 5.75 Å². The average molecular weight is 267 g/mol. The molecule has 0 saturated heterocycles. The predicted molar refractivity (Wildman–Crippen MR) is 76.8 cm³/mol.